The van der Waals surface area contributed by atoms with E-state index in [4.69, 9.17) is 0 Å². The van der Waals surface area contributed by atoms with Gasteiger partial charge >= 0.3 is 0 Å². The Kier molecular flexibility index (Phi) is 5.76. The standard InChI is InChI=1S/C15H19N2S.HI/c1-4-8-17(9-5-1)12-18-11-13-10-16-15-7-3-2-6-14(13)15;/h2-3,6-7,10,12,16H,1,4-5,8-9,11H2;1H/q+1;/p-1. The van der Waals surface area contributed by atoms with Crippen molar-refractivity contribution >= 4 is 28.2 Å². The van der Waals surface area contributed by atoms with Crippen molar-refractivity contribution in [3.63, 3.8) is 0 Å². The lowest BCUT2D eigenvalue weighted by atomic mass is 10.2. The van der Waals surface area contributed by atoms with Crippen LogP contribution in [0.2, 0.25) is 0 Å². The molecule has 102 valence electrons. The zero-order valence-corrected chi connectivity index (χ0v) is 13.9. The Morgan fingerprint density at radius 3 is 2.79 bits per heavy atom. The summed E-state index contributed by atoms with van der Waals surface area (Å²) in [6.45, 7) is 2.47. The van der Waals surface area contributed by atoms with Crippen LogP contribution in [0.4, 0.5) is 0 Å². The number of nitrogens with one attached hydrogen (secondary N) is 1. The molecular weight excluding hydrogens is 367 g/mol. The van der Waals surface area contributed by atoms with Crippen LogP contribution < -0.4 is 24.0 Å². The van der Waals surface area contributed by atoms with Gasteiger partial charge in [-0.25, -0.2) is 4.58 Å². The molecule has 1 saturated heterocycles. The lowest BCUT2D eigenvalue weighted by Crippen LogP contribution is -3.00. The fourth-order valence-corrected chi connectivity index (χ4v) is 3.42. The van der Waals surface area contributed by atoms with Gasteiger partial charge in [-0.05, 0) is 18.1 Å². The van der Waals surface area contributed by atoms with Gasteiger partial charge < -0.3 is 29.0 Å². The van der Waals surface area contributed by atoms with Gasteiger partial charge in [0, 0.05) is 35.7 Å². The Labute approximate surface area is 135 Å². The maximum absolute atomic E-state index is 3.34. The van der Waals surface area contributed by atoms with E-state index in [9.17, 15) is 0 Å². The largest absolute Gasteiger partial charge is 1.00 e. The van der Waals surface area contributed by atoms with Gasteiger partial charge in [0.25, 0.3) is 0 Å². The van der Waals surface area contributed by atoms with Crippen molar-refractivity contribution in [2.24, 2.45) is 0 Å². The molecule has 1 aromatic carbocycles. The number of hydrogen-bond donors (Lipinski definition) is 1. The fraction of sp³-hybridized carbons (Fsp3) is 0.400. The second-order valence-corrected chi connectivity index (χ2v) is 5.71. The predicted octanol–water partition coefficient (Wildman–Crippen LogP) is 0.630. The number of piperidine rings is 1. The number of aromatic amines is 1. The number of para-hydroxylation sites is 1. The topological polar surface area (TPSA) is 18.8 Å². The van der Waals surface area contributed by atoms with Crippen LogP contribution in [0, 0.1) is 0 Å². The third-order valence-corrected chi connectivity index (χ3v) is 4.45. The maximum Gasteiger partial charge on any atom is 0.198 e. The molecule has 0 radical (unpaired) electrons. The summed E-state index contributed by atoms with van der Waals surface area (Å²) in [5, 5.41) is 1.36. The molecule has 2 heterocycles. The number of hydrogen-bond acceptors (Lipinski definition) is 1. The molecule has 1 N–H and O–H groups in total. The first-order chi connectivity index (χ1) is 8.93. The monoisotopic (exact) mass is 386 g/mol. The molecule has 0 atom stereocenters. The van der Waals surface area contributed by atoms with Crippen LogP contribution in [-0.4, -0.2) is 28.2 Å². The minimum absolute atomic E-state index is 0. The first kappa shape index (κ1) is 14.9. The second-order valence-electron chi connectivity index (χ2n) is 4.87. The molecule has 0 spiro atoms. The summed E-state index contributed by atoms with van der Waals surface area (Å²) in [4.78, 5) is 3.34. The van der Waals surface area contributed by atoms with Gasteiger partial charge in [0.2, 0.25) is 0 Å². The number of halogens is 1. The summed E-state index contributed by atoms with van der Waals surface area (Å²) in [6, 6.07) is 8.52. The molecular formula is C15H19IN2S. The maximum atomic E-state index is 3.34. The molecule has 2 nitrogen and oxygen atoms in total. The molecule has 19 heavy (non-hydrogen) atoms. The van der Waals surface area contributed by atoms with Crippen molar-refractivity contribution in [2.75, 3.05) is 13.1 Å². The van der Waals surface area contributed by atoms with Gasteiger partial charge in [-0.2, -0.15) is 0 Å². The molecule has 0 amide bonds. The van der Waals surface area contributed by atoms with Gasteiger partial charge in [-0.15, -0.1) is 0 Å². The average Bonchev–Trinajstić information content (AvgIpc) is 2.84. The van der Waals surface area contributed by atoms with Crippen LogP contribution >= 0.6 is 11.8 Å². The zero-order valence-electron chi connectivity index (χ0n) is 10.9. The first-order valence-corrected chi connectivity index (χ1v) is 7.72. The molecule has 0 aliphatic carbocycles. The summed E-state index contributed by atoms with van der Waals surface area (Å²) in [6.07, 6.45) is 6.24. The normalized spacial score (nSPS) is 15.3. The minimum atomic E-state index is 0. The summed E-state index contributed by atoms with van der Waals surface area (Å²) in [5.41, 5.74) is 4.97. The molecule has 0 saturated carbocycles. The third-order valence-electron chi connectivity index (χ3n) is 3.53. The predicted molar refractivity (Wildman–Crippen MR) is 79.5 cm³/mol. The smallest absolute Gasteiger partial charge is 0.198 e. The van der Waals surface area contributed by atoms with E-state index in [1.54, 1.807) is 0 Å². The van der Waals surface area contributed by atoms with Crippen LogP contribution in [0.25, 0.3) is 10.9 Å². The fourth-order valence-electron chi connectivity index (χ4n) is 2.51. The van der Waals surface area contributed by atoms with Crippen LogP contribution in [0.3, 0.4) is 0 Å². The number of aromatic nitrogens is 1. The van der Waals surface area contributed by atoms with E-state index >= 15 is 0 Å². The van der Waals surface area contributed by atoms with E-state index in [1.807, 2.05) is 11.8 Å². The number of fused-ring (bicyclic) bond motifs is 1. The number of thioether (sulfide) groups is 1. The van der Waals surface area contributed by atoms with Gasteiger partial charge in [-0.1, -0.05) is 30.0 Å². The highest BCUT2D eigenvalue weighted by molar-refractivity contribution is 8.11. The van der Waals surface area contributed by atoms with Crippen LogP contribution in [0.1, 0.15) is 24.8 Å². The molecule has 1 aliphatic rings. The second kappa shape index (κ2) is 7.33. The van der Waals surface area contributed by atoms with Crippen molar-refractivity contribution in [1.82, 2.24) is 4.98 Å². The number of benzene rings is 1. The Hall–Kier alpha value is -0.490. The number of nitrogens with zero attached hydrogens (tertiary/aromatic N) is 1. The molecule has 1 fully saturated rings. The van der Waals surface area contributed by atoms with Crippen LogP contribution in [0.5, 0.6) is 0 Å². The van der Waals surface area contributed by atoms with E-state index in [0.717, 1.165) is 5.75 Å². The van der Waals surface area contributed by atoms with Gasteiger partial charge in [0.05, 0.1) is 0 Å². The molecule has 0 unspecified atom stereocenters. The number of H-pyrrole nitrogens is 1. The summed E-state index contributed by atoms with van der Waals surface area (Å²) in [5.74, 6) is 1.06. The quantitative estimate of drug-likeness (QED) is 0.466. The van der Waals surface area contributed by atoms with Crippen molar-refractivity contribution in [3.05, 3.63) is 36.0 Å². The van der Waals surface area contributed by atoms with Crippen molar-refractivity contribution < 1.29 is 28.6 Å². The van der Waals surface area contributed by atoms with Crippen molar-refractivity contribution in [2.45, 2.75) is 25.0 Å². The number of rotatable bonds is 3. The van der Waals surface area contributed by atoms with E-state index in [2.05, 4.69) is 45.6 Å². The third kappa shape index (κ3) is 3.75. The summed E-state index contributed by atoms with van der Waals surface area (Å²) in [7, 11) is 0. The summed E-state index contributed by atoms with van der Waals surface area (Å²) < 4.78 is 2.46. The Balaban J connectivity index is 0.00000133. The molecule has 2 aromatic rings. The van der Waals surface area contributed by atoms with E-state index < -0.39 is 0 Å². The molecule has 1 aromatic heterocycles. The van der Waals surface area contributed by atoms with Crippen molar-refractivity contribution in [1.29, 1.82) is 0 Å². The van der Waals surface area contributed by atoms with E-state index in [0.29, 0.717) is 0 Å². The van der Waals surface area contributed by atoms with E-state index in [1.165, 1.54) is 48.8 Å². The Bertz CT molecular complexity index is 554. The highest BCUT2D eigenvalue weighted by atomic mass is 127. The van der Waals surface area contributed by atoms with Crippen molar-refractivity contribution in [3.8, 4) is 0 Å². The van der Waals surface area contributed by atoms with Gasteiger partial charge in [-0.3, -0.25) is 0 Å². The SMILES string of the molecule is C(SCc1c[nH]c2ccccc12)=[N+]1CCCCC1.[I-]. The average molecular weight is 386 g/mol. The Morgan fingerprint density at radius 1 is 1.16 bits per heavy atom. The minimum Gasteiger partial charge on any atom is -1.00 e. The molecule has 3 rings (SSSR count). The highest BCUT2D eigenvalue weighted by Crippen LogP contribution is 2.21. The van der Waals surface area contributed by atoms with Crippen LogP contribution in [-0.2, 0) is 5.75 Å². The van der Waals surface area contributed by atoms with Gasteiger partial charge in [0.1, 0.15) is 13.1 Å². The lowest BCUT2D eigenvalue weighted by Gasteiger charge is -2.08. The van der Waals surface area contributed by atoms with Crippen LogP contribution in [0.15, 0.2) is 30.5 Å². The molecule has 4 heteroatoms. The van der Waals surface area contributed by atoms with E-state index in [-0.39, 0.29) is 24.0 Å². The zero-order chi connectivity index (χ0) is 12.2. The summed E-state index contributed by atoms with van der Waals surface area (Å²) >= 11 is 1.91. The molecule has 1 aliphatic heterocycles. The molecule has 0 bridgehead atoms. The lowest BCUT2D eigenvalue weighted by molar-refractivity contribution is -0.530. The Morgan fingerprint density at radius 2 is 1.95 bits per heavy atom. The first-order valence-electron chi connectivity index (χ1n) is 6.67. The highest BCUT2D eigenvalue weighted by Gasteiger charge is 2.10. The van der Waals surface area contributed by atoms with Gasteiger partial charge in [0.15, 0.2) is 5.55 Å².